The van der Waals surface area contributed by atoms with Crippen LogP contribution in [0.4, 0.5) is 0 Å². The van der Waals surface area contributed by atoms with Gasteiger partial charge in [-0.1, -0.05) is 17.7 Å². The maximum atomic E-state index is 13.1. The molecular formula is C18H17ClN4O. The number of fused-ring (bicyclic) bond motifs is 1. The minimum atomic E-state index is -0.398. The van der Waals surface area contributed by atoms with Crippen LogP contribution in [0.1, 0.15) is 43.1 Å². The average molecular weight is 341 g/mol. The van der Waals surface area contributed by atoms with Crippen LogP contribution in [0, 0.1) is 0 Å². The molecule has 3 aromatic rings. The molecular weight excluding hydrogens is 324 g/mol. The fourth-order valence-corrected chi connectivity index (χ4v) is 3.22. The maximum Gasteiger partial charge on any atom is 0.267 e. The van der Waals surface area contributed by atoms with Crippen LogP contribution in [-0.4, -0.2) is 14.5 Å². The van der Waals surface area contributed by atoms with Crippen molar-refractivity contribution in [3.05, 3.63) is 63.4 Å². The number of hydrogen-bond acceptors (Lipinski definition) is 4. The smallest absolute Gasteiger partial charge is 0.267 e. The lowest BCUT2D eigenvalue weighted by molar-refractivity contribution is 0.695. The summed E-state index contributed by atoms with van der Waals surface area (Å²) in [6, 6.07) is 6.86. The highest BCUT2D eigenvalue weighted by Gasteiger charge is 2.25. The third-order valence-corrected chi connectivity index (χ3v) is 4.65. The van der Waals surface area contributed by atoms with Crippen LogP contribution in [0.2, 0.25) is 5.02 Å². The molecule has 0 amide bonds. The number of nitrogens with two attached hydrogens (primary N) is 1. The van der Waals surface area contributed by atoms with Gasteiger partial charge < -0.3 is 5.73 Å². The van der Waals surface area contributed by atoms with Gasteiger partial charge in [0, 0.05) is 6.20 Å². The second kappa shape index (κ2) is 5.69. The van der Waals surface area contributed by atoms with Gasteiger partial charge in [0.25, 0.3) is 5.56 Å². The molecule has 0 bridgehead atoms. The molecule has 4 rings (SSSR count). The third kappa shape index (κ3) is 2.50. The minimum absolute atomic E-state index is 0.215. The van der Waals surface area contributed by atoms with Gasteiger partial charge in [0.15, 0.2) is 0 Å². The van der Waals surface area contributed by atoms with E-state index in [0.29, 0.717) is 33.4 Å². The zero-order valence-corrected chi connectivity index (χ0v) is 14.0. The van der Waals surface area contributed by atoms with Gasteiger partial charge in [0.1, 0.15) is 5.82 Å². The van der Waals surface area contributed by atoms with Crippen LogP contribution < -0.4 is 11.3 Å². The summed E-state index contributed by atoms with van der Waals surface area (Å²) in [6.45, 7) is 1.81. The molecule has 1 aromatic carbocycles. The topological polar surface area (TPSA) is 73.8 Å². The van der Waals surface area contributed by atoms with E-state index in [1.807, 2.05) is 19.2 Å². The highest BCUT2D eigenvalue weighted by atomic mass is 35.5. The fraction of sp³-hybridized carbons (Fsp3) is 0.278. The van der Waals surface area contributed by atoms with Gasteiger partial charge in [-0.05, 0) is 49.4 Å². The summed E-state index contributed by atoms with van der Waals surface area (Å²) in [5, 5.41) is 0.793. The van der Waals surface area contributed by atoms with Gasteiger partial charge in [0.2, 0.25) is 0 Å². The first-order valence-corrected chi connectivity index (χ1v) is 8.36. The van der Waals surface area contributed by atoms with Crippen molar-refractivity contribution in [2.75, 3.05) is 0 Å². The van der Waals surface area contributed by atoms with E-state index in [9.17, 15) is 4.79 Å². The number of pyridine rings is 1. The molecule has 2 N–H and O–H groups in total. The lowest BCUT2D eigenvalue weighted by Crippen LogP contribution is -2.27. The molecule has 0 spiro atoms. The van der Waals surface area contributed by atoms with Crippen molar-refractivity contribution in [2.45, 2.75) is 31.7 Å². The molecule has 1 saturated carbocycles. The molecule has 2 heterocycles. The Kier molecular flexibility index (Phi) is 3.62. The Bertz CT molecular complexity index is 992. The summed E-state index contributed by atoms with van der Waals surface area (Å²) in [7, 11) is 0. The van der Waals surface area contributed by atoms with E-state index >= 15 is 0 Å². The van der Waals surface area contributed by atoms with Gasteiger partial charge in [-0.3, -0.25) is 14.3 Å². The summed E-state index contributed by atoms with van der Waals surface area (Å²) in [5.41, 5.74) is 8.26. The third-order valence-electron chi connectivity index (χ3n) is 4.33. The molecule has 0 saturated heterocycles. The molecule has 0 unspecified atom stereocenters. The predicted octanol–water partition coefficient (Wildman–Crippen LogP) is 3.33. The quantitative estimate of drug-likeness (QED) is 0.793. The maximum absolute atomic E-state index is 13.1. The number of benzene rings is 1. The molecule has 1 aliphatic carbocycles. The second-order valence-electron chi connectivity index (χ2n) is 6.28. The van der Waals surface area contributed by atoms with Crippen molar-refractivity contribution in [3.8, 4) is 5.69 Å². The van der Waals surface area contributed by atoms with Gasteiger partial charge >= 0.3 is 0 Å². The Balaban J connectivity index is 2.04. The number of rotatable bonds is 3. The van der Waals surface area contributed by atoms with Crippen LogP contribution in [0.25, 0.3) is 16.6 Å². The van der Waals surface area contributed by atoms with E-state index in [4.69, 9.17) is 17.3 Å². The normalized spacial score (nSPS) is 15.6. The van der Waals surface area contributed by atoms with Crippen molar-refractivity contribution < 1.29 is 0 Å². The molecule has 5 nitrogen and oxygen atoms in total. The Morgan fingerprint density at radius 3 is 2.83 bits per heavy atom. The summed E-state index contributed by atoms with van der Waals surface area (Å²) in [4.78, 5) is 22.0. The SMILES string of the molecule is C[C@H](N)c1nc2cccc(Cl)c2c(=O)n1-c1cncc(C2CC2)c1. The first-order chi connectivity index (χ1) is 11.6. The van der Waals surface area contributed by atoms with E-state index in [2.05, 4.69) is 9.97 Å². The lowest BCUT2D eigenvalue weighted by Gasteiger charge is -2.16. The molecule has 122 valence electrons. The van der Waals surface area contributed by atoms with E-state index in [1.165, 1.54) is 17.4 Å². The zero-order chi connectivity index (χ0) is 16.8. The van der Waals surface area contributed by atoms with Crippen LogP contribution in [0.15, 0.2) is 41.5 Å². The Morgan fingerprint density at radius 2 is 2.12 bits per heavy atom. The van der Waals surface area contributed by atoms with Gasteiger partial charge in [0.05, 0.1) is 33.9 Å². The Morgan fingerprint density at radius 1 is 1.33 bits per heavy atom. The first-order valence-electron chi connectivity index (χ1n) is 7.98. The predicted molar refractivity (Wildman–Crippen MR) is 94.7 cm³/mol. The van der Waals surface area contributed by atoms with Gasteiger partial charge in [-0.2, -0.15) is 0 Å². The highest BCUT2D eigenvalue weighted by Crippen LogP contribution is 2.40. The van der Waals surface area contributed by atoms with Crippen LogP contribution in [-0.2, 0) is 0 Å². The highest BCUT2D eigenvalue weighted by molar-refractivity contribution is 6.35. The van der Waals surface area contributed by atoms with Crippen LogP contribution in [0.5, 0.6) is 0 Å². The van der Waals surface area contributed by atoms with E-state index < -0.39 is 6.04 Å². The monoisotopic (exact) mass is 340 g/mol. The van der Waals surface area contributed by atoms with E-state index in [0.717, 1.165) is 5.56 Å². The molecule has 1 atom stereocenters. The van der Waals surface area contributed by atoms with Crippen molar-refractivity contribution in [2.24, 2.45) is 5.73 Å². The Labute approximate surface area is 144 Å². The second-order valence-corrected chi connectivity index (χ2v) is 6.69. The van der Waals surface area contributed by atoms with Crippen molar-refractivity contribution in [1.29, 1.82) is 0 Å². The molecule has 0 aliphatic heterocycles. The number of hydrogen-bond donors (Lipinski definition) is 1. The first kappa shape index (κ1) is 15.3. The van der Waals surface area contributed by atoms with Crippen LogP contribution >= 0.6 is 11.6 Å². The summed E-state index contributed by atoms with van der Waals surface area (Å²) in [5.74, 6) is 1.05. The largest absolute Gasteiger partial charge is 0.322 e. The number of halogens is 1. The van der Waals surface area contributed by atoms with E-state index in [-0.39, 0.29) is 5.56 Å². The summed E-state index contributed by atoms with van der Waals surface area (Å²) >= 11 is 6.25. The molecule has 24 heavy (non-hydrogen) atoms. The standard InChI is InChI=1S/C18H17ClN4O/c1-10(20)17-22-15-4-2-3-14(19)16(15)18(24)23(17)13-7-12(8-21-9-13)11-5-6-11/h2-4,7-11H,5-6,20H2,1H3/t10-/m0/s1. The van der Waals surface area contributed by atoms with Crippen LogP contribution in [0.3, 0.4) is 0 Å². The Hall–Kier alpha value is -2.24. The molecule has 0 radical (unpaired) electrons. The lowest BCUT2D eigenvalue weighted by atomic mass is 10.1. The molecule has 1 fully saturated rings. The number of aromatic nitrogens is 3. The summed E-state index contributed by atoms with van der Waals surface area (Å²) < 4.78 is 1.54. The molecule has 2 aromatic heterocycles. The molecule has 1 aliphatic rings. The number of nitrogens with zero attached hydrogens (tertiary/aromatic N) is 3. The fourth-order valence-electron chi connectivity index (χ4n) is 2.97. The minimum Gasteiger partial charge on any atom is -0.322 e. The zero-order valence-electron chi connectivity index (χ0n) is 13.2. The van der Waals surface area contributed by atoms with Crippen molar-refractivity contribution in [3.63, 3.8) is 0 Å². The van der Waals surface area contributed by atoms with Gasteiger partial charge in [-0.25, -0.2) is 4.98 Å². The molecule has 6 heteroatoms. The van der Waals surface area contributed by atoms with E-state index in [1.54, 1.807) is 24.4 Å². The van der Waals surface area contributed by atoms with Crippen molar-refractivity contribution in [1.82, 2.24) is 14.5 Å². The van der Waals surface area contributed by atoms with Crippen molar-refractivity contribution >= 4 is 22.5 Å². The summed E-state index contributed by atoms with van der Waals surface area (Å²) in [6.07, 6.45) is 5.87. The average Bonchev–Trinajstić information content (AvgIpc) is 3.39. The van der Waals surface area contributed by atoms with Gasteiger partial charge in [-0.15, -0.1) is 0 Å².